The van der Waals surface area contributed by atoms with E-state index in [9.17, 15) is 14.0 Å². The van der Waals surface area contributed by atoms with Crippen LogP contribution in [0, 0.1) is 5.82 Å². The van der Waals surface area contributed by atoms with Crippen LogP contribution >= 0.6 is 11.3 Å². The molecular formula is C28H31FN4O3S. The minimum atomic E-state index is -0.275. The molecule has 5 rings (SSSR count). The number of benzene rings is 2. The van der Waals surface area contributed by atoms with Crippen LogP contribution in [0.1, 0.15) is 29.0 Å². The molecule has 0 radical (unpaired) electrons. The number of nitrogens with zero attached hydrogens (tertiary/aromatic N) is 3. The maximum atomic E-state index is 14.1. The van der Waals surface area contributed by atoms with Gasteiger partial charge in [-0.25, -0.2) is 9.18 Å². The van der Waals surface area contributed by atoms with E-state index in [0.29, 0.717) is 31.1 Å². The molecule has 0 unspecified atom stereocenters. The number of piperazine rings is 1. The van der Waals surface area contributed by atoms with Gasteiger partial charge in [-0.2, -0.15) is 0 Å². The number of hydrogen-bond acceptors (Lipinski definition) is 5. The fourth-order valence-corrected chi connectivity index (χ4v) is 6.17. The molecule has 2 atom stereocenters. The van der Waals surface area contributed by atoms with Crippen molar-refractivity contribution in [2.24, 2.45) is 0 Å². The first kappa shape index (κ1) is 25.2. The van der Waals surface area contributed by atoms with Gasteiger partial charge in [0.25, 0.3) is 0 Å². The number of urea groups is 1. The standard InChI is InChI=1S/C28H31FN4O3S/c1-19-17-31(12-13-33(19)28(35)30-22-7-4-8-23(16-22)36-2)26(34)18-32-11-9-25-24(10-14-37-25)27(32)20-5-3-6-21(29)15-20/h3-8,10,14-16,19,27H,9,11-13,17-18H2,1-2H3,(H,30,35)/t19-,27-/m1/s1. The normalized spacial score (nSPS) is 19.9. The monoisotopic (exact) mass is 522 g/mol. The number of thiophene rings is 1. The molecule has 3 aromatic rings. The van der Waals surface area contributed by atoms with Gasteiger partial charge in [-0.1, -0.05) is 18.2 Å². The maximum absolute atomic E-state index is 14.1. The van der Waals surface area contributed by atoms with Crippen LogP contribution in [0.15, 0.2) is 60.0 Å². The Hall–Kier alpha value is -3.43. The molecule has 194 valence electrons. The number of rotatable bonds is 5. The third-order valence-electron chi connectivity index (χ3n) is 7.13. The number of methoxy groups -OCH3 is 1. The summed E-state index contributed by atoms with van der Waals surface area (Å²) < 4.78 is 19.3. The van der Waals surface area contributed by atoms with Crippen molar-refractivity contribution in [3.63, 3.8) is 0 Å². The highest BCUT2D eigenvalue weighted by Crippen LogP contribution is 2.37. The molecule has 1 N–H and O–H groups in total. The van der Waals surface area contributed by atoms with E-state index >= 15 is 0 Å². The molecule has 1 saturated heterocycles. The molecule has 7 nitrogen and oxygen atoms in total. The van der Waals surface area contributed by atoms with Crippen molar-refractivity contribution in [1.82, 2.24) is 14.7 Å². The van der Waals surface area contributed by atoms with Crippen molar-refractivity contribution in [1.29, 1.82) is 0 Å². The summed E-state index contributed by atoms with van der Waals surface area (Å²) in [4.78, 5) is 33.4. The fraction of sp³-hybridized carbons (Fsp3) is 0.357. The number of amides is 3. The Morgan fingerprint density at radius 3 is 2.73 bits per heavy atom. The first-order valence-corrected chi connectivity index (χ1v) is 13.4. The molecule has 9 heteroatoms. The summed E-state index contributed by atoms with van der Waals surface area (Å²) >= 11 is 1.72. The number of hydrogen-bond donors (Lipinski definition) is 1. The Bertz CT molecular complexity index is 1280. The van der Waals surface area contributed by atoms with E-state index in [2.05, 4.69) is 21.7 Å². The zero-order chi connectivity index (χ0) is 25.9. The first-order chi connectivity index (χ1) is 17.9. The average molecular weight is 523 g/mol. The smallest absolute Gasteiger partial charge is 0.322 e. The first-order valence-electron chi connectivity index (χ1n) is 12.5. The SMILES string of the molecule is COc1cccc(NC(=O)N2CCN(C(=O)CN3CCc4sccc4[C@H]3c3cccc(F)c3)C[C@H]2C)c1. The summed E-state index contributed by atoms with van der Waals surface area (Å²) in [6.45, 7) is 4.32. The van der Waals surface area contributed by atoms with E-state index in [1.54, 1.807) is 41.5 Å². The predicted molar refractivity (Wildman–Crippen MR) is 143 cm³/mol. The number of carbonyl (C=O) groups excluding carboxylic acids is 2. The Morgan fingerprint density at radius 2 is 1.95 bits per heavy atom. The number of halogens is 1. The lowest BCUT2D eigenvalue weighted by Crippen LogP contribution is -2.58. The predicted octanol–water partition coefficient (Wildman–Crippen LogP) is 4.61. The highest BCUT2D eigenvalue weighted by atomic mass is 32.1. The summed E-state index contributed by atoms with van der Waals surface area (Å²) in [5, 5.41) is 5.00. The van der Waals surface area contributed by atoms with Crippen LogP contribution in [0.5, 0.6) is 5.75 Å². The average Bonchev–Trinajstić information content (AvgIpc) is 3.37. The van der Waals surface area contributed by atoms with Crippen LogP contribution in [0.4, 0.5) is 14.9 Å². The summed E-state index contributed by atoms with van der Waals surface area (Å²) in [7, 11) is 1.59. The summed E-state index contributed by atoms with van der Waals surface area (Å²) in [5.41, 5.74) is 2.68. The molecule has 0 bridgehead atoms. The van der Waals surface area contributed by atoms with Crippen molar-refractivity contribution in [3.05, 3.63) is 81.8 Å². The van der Waals surface area contributed by atoms with Gasteiger partial charge >= 0.3 is 6.03 Å². The van der Waals surface area contributed by atoms with E-state index in [1.165, 1.54) is 10.9 Å². The number of fused-ring (bicyclic) bond motifs is 1. The van der Waals surface area contributed by atoms with Gasteiger partial charge < -0.3 is 19.9 Å². The number of carbonyl (C=O) groups is 2. The van der Waals surface area contributed by atoms with E-state index < -0.39 is 0 Å². The molecule has 1 fully saturated rings. The molecule has 2 aromatic carbocycles. The van der Waals surface area contributed by atoms with Crippen LogP contribution in [-0.2, 0) is 11.2 Å². The zero-order valence-electron chi connectivity index (χ0n) is 21.0. The fourth-order valence-electron chi connectivity index (χ4n) is 5.26. The van der Waals surface area contributed by atoms with Crippen LogP contribution in [-0.4, -0.2) is 72.5 Å². The Balaban J connectivity index is 1.24. The molecule has 3 amide bonds. The van der Waals surface area contributed by atoms with Crippen molar-refractivity contribution >= 4 is 29.0 Å². The molecule has 2 aliphatic rings. The Labute approximate surface area is 220 Å². The largest absolute Gasteiger partial charge is 0.497 e. The van der Waals surface area contributed by atoms with Gasteiger partial charge in [0.2, 0.25) is 5.91 Å². The second-order valence-electron chi connectivity index (χ2n) is 9.52. The lowest BCUT2D eigenvalue weighted by Gasteiger charge is -2.41. The summed E-state index contributed by atoms with van der Waals surface area (Å²) in [6.07, 6.45) is 0.876. The van der Waals surface area contributed by atoms with E-state index in [0.717, 1.165) is 24.1 Å². The minimum absolute atomic E-state index is 0.0276. The third kappa shape index (κ3) is 5.47. The molecule has 3 heterocycles. The molecule has 0 saturated carbocycles. The number of ether oxygens (including phenoxy) is 1. The Kier molecular flexibility index (Phi) is 7.43. The molecular weight excluding hydrogens is 491 g/mol. The van der Waals surface area contributed by atoms with Gasteiger partial charge in [-0.05, 0) is 60.2 Å². The van der Waals surface area contributed by atoms with Crippen LogP contribution in [0.2, 0.25) is 0 Å². The van der Waals surface area contributed by atoms with E-state index in [-0.39, 0.29) is 36.4 Å². The van der Waals surface area contributed by atoms with Crippen molar-refractivity contribution in [2.75, 3.05) is 45.2 Å². The second kappa shape index (κ2) is 10.9. The van der Waals surface area contributed by atoms with Crippen LogP contribution in [0.3, 0.4) is 0 Å². The van der Waals surface area contributed by atoms with Gasteiger partial charge in [0.05, 0.1) is 19.7 Å². The number of nitrogens with one attached hydrogen (secondary N) is 1. The highest BCUT2D eigenvalue weighted by molar-refractivity contribution is 7.10. The Morgan fingerprint density at radius 1 is 1.11 bits per heavy atom. The van der Waals surface area contributed by atoms with Gasteiger partial charge in [0.15, 0.2) is 0 Å². The molecule has 37 heavy (non-hydrogen) atoms. The molecule has 1 aromatic heterocycles. The van der Waals surface area contributed by atoms with Crippen molar-refractivity contribution < 1.29 is 18.7 Å². The lowest BCUT2D eigenvalue weighted by atomic mass is 9.93. The lowest BCUT2D eigenvalue weighted by molar-refractivity contribution is -0.135. The van der Waals surface area contributed by atoms with E-state index in [1.807, 2.05) is 36.1 Å². The van der Waals surface area contributed by atoms with Gasteiger partial charge in [0, 0.05) is 48.9 Å². The zero-order valence-corrected chi connectivity index (χ0v) is 21.8. The van der Waals surface area contributed by atoms with Crippen LogP contribution < -0.4 is 10.1 Å². The summed E-state index contributed by atoms with van der Waals surface area (Å²) in [6, 6.07) is 15.5. The summed E-state index contributed by atoms with van der Waals surface area (Å²) in [5.74, 6) is 0.424. The topological polar surface area (TPSA) is 65.1 Å². The van der Waals surface area contributed by atoms with Crippen molar-refractivity contribution in [2.45, 2.75) is 25.4 Å². The second-order valence-corrected chi connectivity index (χ2v) is 10.5. The maximum Gasteiger partial charge on any atom is 0.322 e. The third-order valence-corrected chi connectivity index (χ3v) is 8.13. The van der Waals surface area contributed by atoms with Crippen LogP contribution in [0.25, 0.3) is 0 Å². The minimum Gasteiger partial charge on any atom is -0.497 e. The number of anilines is 1. The quantitative estimate of drug-likeness (QED) is 0.532. The van der Waals surface area contributed by atoms with Gasteiger partial charge in [-0.3, -0.25) is 9.69 Å². The van der Waals surface area contributed by atoms with Crippen molar-refractivity contribution in [3.8, 4) is 5.75 Å². The van der Waals surface area contributed by atoms with Gasteiger partial charge in [-0.15, -0.1) is 11.3 Å². The molecule has 2 aliphatic heterocycles. The molecule has 0 aliphatic carbocycles. The highest BCUT2D eigenvalue weighted by Gasteiger charge is 2.34. The molecule has 0 spiro atoms. The van der Waals surface area contributed by atoms with Gasteiger partial charge in [0.1, 0.15) is 11.6 Å². The van der Waals surface area contributed by atoms with E-state index in [4.69, 9.17) is 4.74 Å².